The lowest BCUT2D eigenvalue weighted by atomic mass is 10.1. The van der Waals surface area contributed by atoms with Crippen molar-refractivity contribution in [3.05, 3.63) is 58.3 Å². The maximum atomic E-state index is 14.1. The van der Waals surface area contributed by atoms with Gasteiger partial charge in [0.25, 0.3) is 5.91 Å². The molecular weight excluding hydrogens is 347 g/mol. The largest absolute Gasteiger partial charge is 0.396 e. The average Bonchev–Trinajstić information content (AvgIpc) is 2.94. The summed E-state index contributed by atoms with van der Waals surface area (Å²) in [6, 6.07) is 6.14. The first-order chi connectivity index (χ1) is 12.0. The van der Waals surface area contributed by atoms with Crippen LogP contribution in [0.1, 0.15) is 28.2 Å². The van der Waals surface area contributed by atoms with Crippen molar-refractivity contribution in [2.75, 3.05) is 11.9 Å². The van der Waals surface area contributed by atoms with Gasteiger partial charge in [-0.2, -0.15) is 0 Å². The highest BCUT2D eigenvalue weighted by atomic mass is 35.5. The van der Waals surface area contributed by atoms with Crippen molar-refractivity contribution in [3.63, 3.8) is 0 Å². The Hall–Kier alpha value is -2.51. The van der Waals surface area contributed by atoms with Crippen LogP contribution in [0.25, 0.3) is 5.65 Å². The predicted molar refractivity (Wildman–Crippen MR) is 92.5 cm³/mol. The van der Waals surface area contributed by atoms with E-state index in [0.29, 0.717) is 35.6 Å². The lowest BCUT2D eigenvalue weighted by molar-refractivity contribution is 0.102. The normalized spacial score (nSPS) is 11.0. The second kappa shape index (κ2) is 7.16. The SMILES string of the molecule is Cc1cc(F)c(C(=O)Nc2ccc3nnc(CCCO)n3c2)c(Cl)c1. The number of anilines is 1. The molecule has 3 rings (SSSR count). The van der Waals surface area contributed by atoms with Crippen LogP contribution in [0.5, 0.6) is 0 Å². The molecule has 0 aliphatic carbocycles. The lowest BCUT2D eigenvalue weighted by Gasteiger charge is -2.09. The number of halogens is 2. The number of hydrogen-bond acceptors (Lipinski definition) is 4. The van der Waals surface area contributed by atoms with Crippen LogP contribution < -0.4 is 5.32 Å². The molecule has 0 saturated heterocycles. The first-order valence-electron chi connectivity index (χ1n) is 7.71. The first-order valence-corrected chi connectivity index (χ1v) is 8.09. The van der Waals surface area contributed by atoms with E-state index >= 15 is 0 Å². The van der Waals surface area contributed by atoms with E-state index in [-0.39, 0.29) is 17.2 Å². The molecule has 0 unspecified atom stereocenters. The molecule has 25 heavy (non-hydrogen) atoms. The van der Waals surface area contributed by atoms with Crippen LogP contribution in [-0.2, 0) is 6.42 Å². The topological polar surface area (TPSA) is 79.5 Å². The number of aryl methyl sites for hydroxylation is 2. The molecule has 0 spiro atoms. The Morgan fingerprint density at radius 2 is 2.16 bits per heavy atom. The summed E-state index contributed by atoms with van der Waals surface area (Å²) in [4.78, 5) is 12.4. The van der Waals surface area contributed by atoms with Gasteiger partial charge in [0.15, 0.2) is 5.65 Å². The van der Waals surface area contributed by atoms with Gasteiger partial charge in [-0.1, -0.05) is 11.6 Å². The number of benzene rings is 1. The number of aliphatic hydroxyl groups excluding tert-OH is 1. The van der Waals surface area contributed by atoms with Crippen LogP contribution in [0.3, 0.4) is 0 Å². The second-order valence-electron chi connectivity index (χ2n) is 5.65. The zero-order valence-electron chi connectivity index (χ0n) is 13.5. The quantitative estimate of drug-likeness (QED) is 0.731. The molecule has 0 aliphatic heterocycles. The fraction of sp³-hybridized carbons (Fsp3) is 0.235. The van der Waals surface area contributed by atoms with Gasteiger partial charge >= 0.3 is 0 Å². The van der Waals surface area contributed by atoms with Gasteiger partial charge in [-0.3, -0.25) is 9.20 Å². The third kappa shape index (κ3) is 3.62. The summed E-state index contributed by atoms with van der Waals surface area (Å²) < 4.78 is 15.8. The molecule has 3 aromatic rings. The number of pyridine rings is 1. The maximum Gasteiger partial charge on any atom is 0.260 e. The molecular formula is C17H16ClFN4O2. The Morgan fingerprint density at radius 3 is 2.88 bits per heavy atom. The third-order valence-corrected chi connectivity index (χ3v) is 4.00. The fourth-order valence-electron chi connectivity index (χ4n) is 2.53. The van der Waals surface area contributed by atoms with Crippen LogP contribution in [0.15, 0.2) is 30.5 Å². The maximum absolute atomic E-state index is 14.1. The average molecular weight is 363 g/mol. The highest BCUT2D eigenvalue weighted by molar-refractivity contribution is 6.34. The van der Waals surface area contributed by atoms with Crippen molar-refractivity contribution in [3.8, 4) is 0 Å². The zero-order chi connectivity index (χ0) is 18.0. The van der Waals surface area contributed by atoms with E-state index in [9.17, 15) is 9.18 Å². The molecule has 6 nitrogen and oxygen atoms in total. The van der Waals surface area contributed by atoms with E-state index in [1.165, 1.54) is 12.1 Å². The molecule has 0 bridgehead atoms. The summed E-state index contributed by atoms with van der Waals surface area (Å²) in [5.74, 6) is -0.636. The molecule has 1 aromatic carbocycles. The van der Waals surface area contributed by atoms with Crippen LogP contribution in [-0.4, -0.2) is 32.2 Å². The van der Waals surface area contributed by atoms with Crippen molar-refractivity contribution in [2.45, 2.75) is 19.8 Å². The molecule has 8 heteroatoms. The predicted octanol–water partition coefficient (Wildman–Crippen LogP) is 3.01. The van der Waals surface area contributed by atoms with Crippen LogP contribution >= 0.6 is 11.6 Å². The number of aliphatic hydroxyl groups is 1. The molecule has 2 heterocycles. The number of aromatic nitrogens is 3. The molecule has 0 atom stereocenters. The zero-order valence-corrected chi connectivity index (χ0v) is 14.2. The van der Waals surface area contributed by atoms with Crippen molar-refractivity contribution < 1.29 is 14.3 Å². The minimum Gasteiger partial charge on any atom is -0.396 e. The van der Waals surface area contributed by atoms with E-state index in [1.54, 1.807) is 29.7 Å². The van der Waals surface area contributed by atoms with Crippen molar-refractivity contribution in [1.29, 1.82) is 0 Å². The van der Waals surface area contributed by atoms with Gasteiger partial charge in [-0.25, -0.2) is 4.39 Å². The molecule has 0 saturated carbocycles. The second-order valence-corrected chi connectivity index (χ2v) is 6.05. The molecule has 0 fully saturated rings. The number of hydrogen-bond donors (Lipinski definition) is 2. The Morgan fingerprint density at radius 1 is 1.36 bits per heavy atom. The van der Waals surface area contributed by atoms with Gasteiger partial charge in [-0.15, -0.1) is 10.2 Å². The Bertz CT molecular complexity index is 919. The minimum absolute atomic E-state index is 0.0521. The van der Waals surface area contributed by atoms with Gasteiger partial charge in [0, 0.05) is 19.2 Å². The van der Waals surface area contributed by atoms with Crippen LogP contribution in [0, 0.1) is 12.7 Å². The minimum atomic E-state index is -0.670. The number of amides is 1. The highest BCUT2D eigenvalue weighted by Gasteiger charge is 2.17. The van der Waals surface area contributed by atoms with Gasteiger partial charge in [-0.05, 0) is 43.2 Å². The van der Waals surface area contributed by atoms with E-state index in [1.807, 2.05) is 0 Å². The fourth-order valence-corrected chi connectivity index (χ4v) is 2.88. The number of rotatable bonds is 5. The van der Waals surface area contributed by atoms with Crippen LogP contribution in [0.2, 0.25) is 5.02 Å². The third-order valence-electron chi connectivity index (χ3n) is 3.70. The smallest absolute Gasteiger partial charge is 0.260 e. The highest BCUT2D eigenvalue weighted by Crippen LogP contribution is 2.23. The number of nitrogens with one attached hydrogen (secondary N) is 1. The van der Waals surface area contributed by atoms with Crippen molar-refractivity contribution in [2.24, 2.45) is 0 Å². The van der Waals surface area contributed by atoms with E-state index in [2.05, 4.69) is 15.5 Å². The van der Waals surface area contributed by atoms with E-state index in [4.69, 9.17) is 16.7 Å². The summed E-state index contributed by atoms with van der Waals surface area (Å²) >= 11 is 6.01. The summed E-state index contributed by atoms with van der Waals surface area (Å²) in [7, 11) is 0. The Balaban J connectivity index is 1.89. The van der Waals surface area contributed by atoms with Crippen molar-refractivity contribution >= 4 is 28.8 Å². The van der Waals surface area contributed by atoms with Crippen molar-refractivity contribution in [1.82, 2.24) is 14.6 Å². The molecule has 0 radical (unpaired) electrons. The summed E-state index contributed by atoms with van der Waals surface area (Å²) in [5.41, 5.74) is 1.51. The monoisotopic (exact) mass is 362 g/mol. The number of nitrogens with zero attached hydrogens (tertiary/aromatic N) is 3. The lowest BCUT2D eigenvalue weighted by Crippen LogP contribution is -2.15. The first kappa shape index (κ1) is 17.3. The van der Waals surface area contributed by atoms with E-state index < -0.39 is 11.7 Å². The molecule has 0 aliphatic rings. The number of carbonyl (C=O) groups is 1. The molecule has 1 amide bonds. The Labute approximate surface area is 148 Å². The summed E-state index contributed by atoms with van der Waals surface area (Å²) in [6.07, 6.45) is 2.76. The summed E-state index contributed by atoms with van der Waals surface area (Å²) in [5, 5.41) is 19.7. The van der Waals surface area contributed by atoms with Gasteiger partial charge in [0.05, 0.1) is 16.3 Å². The molecule has 2 aromatic heterocycles. The summed E-state index contributed by atoms with van der Waals surface area (Å²) in [6.45, 7) is 1.75. The molecule has 2 N–H and O–H groups in total. The number of fused-ring (bicyclic) bond motifs is 1. The Kier molecular flexibility index (Phi) is 4.96. The number of carbonyl (C=O) groups excluding carboxylic acids is 1. The molecule has 130 valence electrons. The van der Waals surface area contributed by atoms with Gasteiger partial charge in [0.2, 0.25) is 0 Å². The van der Waals surface area contributed by atoms with E-state index in [0.717, 1.165) is 0 Å². The standard InChI is InChI=1S/C17H16ClFN4O2/c1-10-7-12(18)16(13(19)8-10)17(25)20-11-4-5-15-22-21-14(3-2-6-24)23(15)9-11/h4-5,7-9,24H,2-3,6H2,1H3,(H,20,25). The van der Waals surface area contributed by atoms with Gasteiger partial charge < -0.3 is 10.4 Å². The van der Waals surface area contributed by atoms with Gasteiger partial charge in [0.1, 0.15) is 11.6 Å². The van der Waals surface area contributed by atoms with Crippen LogP contribution in [0.4, 0.5) is 10.1 Å².